The molecule has 0 amide bonds. The summed E-state index contributed by atoms with van der Waals surface area (Å²) in [6, 6.07) is 5.50. The van der Waals surface area contributed by atoms with E-state index in [-0.39, 0.29) is 0 Å². The van der Waals surface area contributed by atoms with Crippen LogP contribution in [0.2, 0.25) is 0 Å². The summed E-state index contributed by atoms with van der Waals surface area (Å²) in [6.45, 7) is 2.29. The van der Waals surface area contributed by atoms with E-state index in [2.05, 4.69) is 22.1 Å². The maximum atomic E-state index is 8.71. The molecule has 0 aromatic carbocycles. The first-order chi connectivity index (χ1) is 6.38. The van der Waals surface area contributed by atoms with E-state index in [0.29, 0.717) is 17.9 Å². The van der Waals surface area contributed by atoms with Crippen molar-refractivity contribution in [2.24, 2.45) is 0 Å². The van der Waals surface area contributed by atoms with Gasteiger partial charge in [-0.15, -0.1) is 5.92 Å². The van der Waals surface area contributed by atoms with Crippen molar-refractivity contribution in [1.82, 2.24) is 4.98 Å². The Morgan fingerprint density at radius 2 is 2.46 bits per heavy atom. The molecule has 1 aromatic rings. The van der Waals surface area contributed by atoms with Crippen LogP contribution >= 0.6 is 0 Å². The quantitative estimate of drug-likeness (QED) is 0.684. The molecule has 13 heavy (non-hydrogen) atoms. The fourth-order valence-corrected chi connectivity index (χ4v) is 0.853. The zero-order chi connectivity index (χ0) is 9.52. The highest BCUT2D eigenvalue weighted by Crippen LogP contribution is 2.08. The van der Waals surface area contributed by atoms with E-state index in [1.165, 1.54) is 0 Å². The maximum Gasteiger partial charge on any atom is 0.144 e. The van der Waals surface area contributed by atoms with Crippen molar-refractivity contribution in [1.29, 1.82) is 5.26 Å². The molecular formula is C10H9N3. The molecule has 0 saturated carbocycles. The van der Waals surface area contributed by atoms with Crippen LogP contribution in [0, 0.1) is 23.2 Å². The standard InChI is InChI=1S/C10H9N3/c1-2-3-6-12-10-9(8-11)5-4-7-13-10/h4-5,7H,6H2,1H3,(H,12,13). The zero-order valence-corrected chi connectivity index (χ0v) is 7.33. The van der Waals surface area contributed by atoms with Crippen molar-refractivity contribution < 1.29 is 0 Å². The fourth-order valence-electron chi connectivity index (χ4n) is 0.853. The molecule has 0 spiro atoms. The minimum atomic E-state index is 0.516. The Balaban J connectivity index is 2.75. The summed E-state index contributed by atoms with van der Waals surface area (Å²) in [6.07, 6.45) is 1.64. The van der Waals surface area contributed by atoms with Crippen LogP contribution in [0.25, 0.3) is 0 Å². The first-order valence-electron chi connectivity index (χ1n) is 3.87. The Hall–Kier alpha value is -2.00. The number of pyridine rings is 1. The van der Waals surface area contributed by atoms with Gasteiger partial charge in [0.2, 0.25) is 0 Å². The van der Waals surface area contributed by atoms with Crippen molar-refractivity contribution in [2.75, 3.05) is 11.9 Å². The molecule has 0 atom stereocenters. The van der Waals surface area contributed by atoms with Gasteiger partial charge in [-0.2, -0.15) is 5.26 Å². The number of rotatable bonds is 2. The van der Waals surface area contributed by atoms with Crippen LogP contribution in [0.3, 0.4) is 0 Å². The zero-order valence-electron chi connectivity index (χ0n) is 7.33. The molecule has 0 unspecified atom stereocenters. The summed E-state index contributed by atoms with van der Waals surface area (Å²) >= 11 is 0. The molecule has 1 heterocycles. The minimum absolute atomic E-state index is 0.516. The number of hydrogen-bond acceptors (Lipinski definition) is 3. The first kappa shape index (κ1) is 9.09. The lowest BCUT2D eigenvalue weighted by molar-refractivity contribution is 1.23. The van der Waals surface area contributed by atoms with Crippen molar-refractivity contribution in [2.45, 2.75) is 6.92 Å². The molecule has 3 heteroatoms. The highest BCUT2D eigenvalue weighted by Gasteiger charge is 1.98. The van der Waals surface area contributed by atoms with E-state index in [1.54, 1.807) is 25.3 Å². The van der Waals surface area contributed by atoms with Crippen LogP contribution in [0.1, 0.15) is 12.5 Å². The van der Waals surface area contributed by atoms with Crippen molar-refractivity contribution in [3.05, 3.63) is 23.9 Å². The van der Waals surface area contributed by atoms with Gasteiger partial charge in [0.25, 0.3) is 0 Å². The number of hydrogen-bond donors (Lipinski definition) is 1. The lowest BCUT2D eigenvalue weighted by Gasteiger charge is -2.01. The van der Waals surface area contributed by atoms with Gasteiger partial charge in [-0.1, -0.05) is 5.92 Å². The lowest BCUT2D eigenvalue weighted by Crippen LogP contribution is -2.02. The van der Waals surface area contributed by atoms with Crippen molar-refractivity contribution in [3.8, 4) is 17.9 Å². The molecule has 1 N–H and O–H groups in total. The second-order valence-electron chi connectivity index (χ2n) is 2.29. The fraction of sp³-hybridized carbons (Fsp3) is 0.200. The molecule has 0 bridgehead atoms. The Kier molecular flexibility index (Phi) is 3.35. The Morgan fingerprint density at radius 1 is 1.62 bits per heavy atom. The van der Waals surface area contributed by atoms with Crippen LogP contribution < -0.4 is 5.32 Å². The second kappa shape index (κ2) is 4.79. The van der Waals surface area contributed by atoms with E-state index in [9.17, 15) is 0 Å². The maximum absolute atomic E-state index is 8.71. The van der Waals surface area contributed by atoms with Crippen LogP contribution in [0.15, 0.2) is 18.3 Å². The van der Waals surface area contributed by atoms with E-state index in [4.69, 9.17) is 5.26 Å². The average Bonchev–Trinajstić information content (AvgIpc) is 2.19. The van der Waals surface area contributed by atoms with Crippen LogP contribution in [-0.4, -0.2) is 11.5 Å². The van der Waals surface area contributed by atoms with Gasteiger partial charge in [-0.25, -0.2) is 4.98 Å². The third-order valence-corrected chi connectivity index (χ3v) is 1.45. The summed E-state index contributed by atoms with van der Waals surface area (Å²) in [5.41, 5.74) is 0.542. The molecular weight excluding hydrogens is 162 g/mol. The van der Waals surface area contributed by atoms with E-state index >= 15 is 0 Å². The normalized spacial score (nSPS) is 8.00. The number of anilines is 1. The summed E-state index contributed by atoms with van der Waals surface area (Å²) in [5, 5.41) is 11.7. The van der Waals surface area contributed by atoms with Crippen molar-refractivity contribution in [3.63, 3.8) is 0 Å². The predicted molar refractivity (Wildman–Crippen MR) is 50.9 cm³/mol. The topological polar surface area (TPSA) is 48.7 Å². The average molecular weight is 171 g/mol. The van der Waals surface area contributed by atoms with E-state index < -0.39 is 0 Å². The minimum Gasteiger partial charge on any atom is -0.358 e. The van der Waals surface area contributed by atoms with Crippen molar-refractivity contribution >= 4 is 5.82 Å². The molecule has 0 aliphatic rings. The lowest BCUT2D eigenvalue weighted by atomic mass is 10.3. The van der Waals surface area contributed by atoms with Gasteiger partial charge in [0.05, 0.1) is 12.1 Å². The Labute approximate surface area is 77.4 Å². The van der Waals surface area contributed by atoms with Gasteiger partial charge in [-0.3, -0.25) is 0 Å². The summed E-state index contributed by atoms with van der Waals surface area (Å²) < 4.78 is 0. The van der Waals surface area contributed by atoms with Crippen LogP contribution in [0.5, 0.6) is 0 Å². The van der Waals surface area contributed by atoms with Gasteiger partial charge in [0.1, 0.15) is 11.9 Å². The SMILES string of the molecule is CC#CCNc1ncccc1C#N. The molecule has 0 saturated heterocycles. The second-order valence-corrected chi connectivity index (χ2v) is 2.29. The largest absolute Gasteiger partial charge is 0.358 e. The van der Waals surface area contributed by atoms with E-state index in [0.717, 1.165) is 0 Å². The molecule has 0 aliphatic heterocycles. The monoisotopic (exact) mass is 171 g/mol. The molecule has 3 nitrogen and oxygen atoms in total. The first-order valence-corrected chi connectivity index (χ1v) is 3.87. The molecule has 1 aromatic heterocycles. The van der Waals surface area contributed by atoms with Gasteiger partial charge >= 0.3 is 0 Å². The van der Waals surface area contributed by atoms with Gasteiger partial charge in [0.15, 0.2) is 0 Å². The predicted octanol–water partition coefficient (Wildman–Crippen LogP) is 1.39. The summed E-state index contributed by atoms with van der Waals surface area (Å²) in [4.78, 5) is 4.02. The highest BCUT2D eigenvalue weighted by molar-refractivity contribution is 5.51. The summed E-state index contributed by atoms with van der Waals surface area (Å²) in [5.74, 6) is 6.18. The van der Waals surface area contributed by atoms with Gasteiger partial charge in [-0.05, 0) is 19.1 Å². The molecule has 0 aliphatic carbocycles. The summed E-state index contributed by atoms with van der Waals surface area (Å²) in [7, 11) is 0. The Morgan fingerprint density at radius 3 is 3.15 bits per heavy atom. The smallest absolute Gasteiger partial charge is 0.144 e. The van der Waals surface area contributed by atoms with Gasteiger partial charge in [0, 0.05) is 6.20 Å². The number of aromatic nitrogens is 1. The van der Waals surface area contributed by atoms with Crippen LogP contribution in [0.4, 0.5) is 5.82 Å². The molecule has 1 rings (SSSR count). The molecule has 0 fully saturated rings. The number of nitriles is 1. The Bertz CT molecular complexity index is 379. The third-order valence-electron chi connectivity index (χ3n) is 1.45. The molecule has 64 valence electrons. The van der Waals surface area contributed by atoms with Crippen LogP contribution in [-0.2, 0) is 0 Å². The van der Waals surface area contributed by atoms with E-state index in [1.807, 2.05) is 6.07 Å². The molecule has 0 radical (unpaired) electrons. The highest BCUT2D eigenvalue weighted by atomic mass is 15.0. The van der Waals surface area contributed by atoms with Gasteiger partial charge < -0.3 is 5.32 Å². The third kappa shape index (κ3) is 2.50. The number of nitrogens with one attached hydrogen (secondary N) is 1. The number of nitrogens with zero attached hydrogens (tertiary/aromatic N) is 2.